The Morgan fingerprint density at radius 2 is 1.46 bits per heavy atom. The molecule has 3 amide bonds. The van der Waals surface area contributed by atoms with Crippen LogP contribution < -0.4 is 30.2 Å². The summed E-state index contributed by atoms with van der Waals surface area (Å²) in [5.41, 5.74) is 3.67. The number of urea groups is 1. The Balaban J connectivity index is 1.27. The summed E-state index contributed by atoms with van der Waals surface area (Å²) in [4.78, 5) is 37.1. The predicted octanol–water partition coefficient (Wildman–Crippen LogP) is 8.18. The zero-order valence-corrected chi connectivity index (χ0v) is 33.9. The maximum Gasteiger partial charge on any atom is 0.323 e. The Morgan fingerprint density at radius 3 is 2.16 bits per heavy atom. The number of anilines is 4. The molecular formula is C43H52N6O8. The number of methoxy groups -OCH3 is 2. The minimum absolute atomic E-state index is 0.135. The fourth-order valence-corrected chi connectivity index (χ4v) is 5.71. The van der Waals surface area contributed by atoms with Crippen LogP contribution in [0.25, 0.3) is 10.8 Å². The van der Waals surface area contributed by atoms with E-state index in [0.29, 0.717) is 96.9 Å². The van der Waals surface area contributed by atoms with Crippen LogP contribution in [-0.2, 0) is 19.6 Å². The SMILES string of the molecule is COCCOCCOCCOc1cc(Nc2nccc(Oc3ccc(NC(=O)Nc4cc(C(C)(C)C)cc(C(=O)N(C)C)c4C)c4ccccc34)n2)cc(OC)c1. The maximum atomic E-state index is 13.5. The Bertz CT molecular complexity index is 2150. The van der Waals surface area contributed by atoms with Crippen molar-refractivity contribution in [3.8, 4) is 23.1 Å². The van der Waals surface area contributed by atoms with Gasteiger partial charge in [-0.2, -0.15) is 4.98 Å². The van der Waals surface area contributed by atoms with E-state index in [4.69, 9.17) is 28.4 Å². The summed E-state index contributed by atoms with van der Waals surface area (Å²) in [6.45, 7) is 10.8. The van der Waals surface area contributed by atoms with Crippen molar-refractivity contribution >= 4 is 45.7 Å². The molecule has 1 heterocycles. The number of fused-ring (bicyclic) bond motifs is 1. The van der Waals surface area contributed by atoms with Gasteiger partial charge in [0.05, 0.1) is 45.8 Å². The Kier molecular flexibility index (Phi) is 14.6. The van der Waals surface area contributed by atoms with Gasteiger partial charge in [0, 0.05) is 79.4 Å². The van der Waals surface area contributed by atoms with Crippen LogP contribution in [0.5, 0.6) is 23.1 Å². The molecule has 0 aliphatic heterocycles. The van der Waals surface area contributed by atoms with Crippen molar-refractivity contribution < 1.29 is 38.0 Å². The van der Waals surface area contributed by atoms with Crippen molar-refractivity contribution in [1.82, 2.24) is 14.9 Å². The van der Waals surface area contributed by atoms with E-state index < -0.39 is 6.03 Å². The van der Waals surface area contributed by atoms with Crippen LogP contribution in [-0.4, -0.2) is 94.8 Å². The molecule has 0 atom stereocenters. The van der Waals surface area contributed by atoms with Crippen molar-refractivity contribution in [3.05, 3.63) is 95.7 Å². The summed E-state index contributed by atoms with van der Waals surface area (Å²) in [6.07, 6.45) is 1.59. The van der Waals surface area contributed by atoms with Crippen LogP contribution in [0.1, 0.15) is 42.3 Å². The summed E-state index contributed by atoms with van der Waals surface area (Å²) >= 11 is 0. The van der Waals surface area contributed by atoms with Gasteiger partial charge >= 0.3 is 6.03 Å². The molecule has 5 rings (SSSR count). The molecule has 3 N–H and O–H groups in total. The summed E-state index contributed by atoms with van der Waals surface area (Å²) < 4.78 is 33.6. The number of rotatable bonds is 18. The summed E-state index contributed by atoms with van der Waals surface area (Å²) in [6, 6.07) is 21.6. The molecule has 4 aromatic carbocycles. The quantitative estimate of drug-likeness (QED) is 0.0738. The van der Waals surface area contributed by atoms with Gasteiger partial charge in [-0.3, -0.25) is 4.79 Å². The Hall–Kier alpha value is -5.96. The molecule has 57 heavy (non-hydrogen) atoms. The number of carbonyl (C=O) groups excluding carboxylic acids is 2. The van der Waals surface area contributed by atoms with Gasteiger partial charge in [-0.25, -0.2) is 9.78 Å². The van der Waals surface area contributed by atoms with Crippen molar-refractivity contribution in [2.24, 2.45) is 0 Å². The molecular weight excluding hydrogens is 729 g/mol. The molecule has 0 spiro atoms. The van der Waals surface area contributed by atoms with Crippen LogP contribution in [0.3, 0.4) is 0 Å². The fraction of sp³-hybridized carbons (Fsp3) is 0.349. The number of hydrogen-bond acceptors (Lipinski definition) is 11. The molecule has 0 saturated carbocycles. The zero-order valence-electron chi connectivity index (χ0n) is 33.9. The minimum Gasteiger partial charge on any atom is -0.497 e. The second-order valence-electron chi connectivity index (χ2n) is 14.3. The second-order valence-corrected chi connectivity index (χ2v) is 14.3. The first kappa shape index (κ1) is 42.2. The van der Waals surface area contributed by atoms with Gasteiger partial charge in [-0.15, -0.1) is 0 Å². The van der Waals surface area contributed by atoms with Gasteiger partial charge in [0.1, 0.15) is 23.9 Å². The highest BCUT2D eigenvalue weighted by Crippen LogP contribution is 2.35. The number of aromatic nitrogens is 2. The lowest BCUT2D eigenvalue weighted by Gasteiger charge is -2.24. The van der Waals surface area contributed by atoms with Gasteiger partial charge in [0.25, 0.3) is 5.91 Å². The first-order valence-electron chi connectivity index (χ1n) is 18.6. The third kappa shape index (κ3) is 11.8. The molecule has 1 aromatic heterocycles. The van der Waals surface area contributed by atoms with E-state index in [1.807, 2.05) is 49.4 Å². The van der Waals surface area contributed by atoms with E-state index in [1.165, 1.54) is 4.90 Å². The normalized spacial score (nSPS) is 11.2. The molecule has 0 bridgehead atoms. The molecule has 0 saturated heterocycles. The standard InChI is InChI=1S/C43H52N6O8/c1-28-35(40(50)49(5)6)23-29(43(2,3)4)24-37(28)47-42(51)46-36-13-14-38(34-12-10-9-11-33(34)36)57-39-15-16-44-41(48-39)45-30-25-31(53-8)27-32(26-30)56-22-21-55-20-19-54-18-17-52-7/h9-16,23-27H,17-22H2,1-8H3,(H,44,45,48)(H2,46,47,51). The number of hydrogen-bond donors (Lipinski definition) is 3. The Labute approximate surface area is 333 Å². The van der Waals surface area contributed by atoms with Crippen LogP contribution >= 0.6 is 0 Å². The monoisotopic (exact) mass is 780 g/mol. The molecule has 0 aliphatic carbocycles. The molecule has 302 valence electrons. The number of nitrogens with zero attached hydrogens (tertiary/aromatic N) is 3. The van der Waals surface area contributed by atoms with Crippen molar-refractivity contribution in [2.45, 2.75) is 33.1 Å². The van der Waals surface area contributed by atoms with E-state index in [9.17, 15) is 9.59 Å². The Morgan fingerprint density at radius 1 is 0.772 bits per heavy atom. The molecule has 14 heteroatoms. The fourth-order valence-electron chi connectivity index (χ4n) is 5.71. The van der Waals surface area contributed by atoms with E-state index in [-0.39, 0.29) is 11.3 Å². The lowest BCUT2D eigenvalue weighted by Crippen LogP contribution is -2.26. The average Bonchev–Trinajstić information content (AvgIpc) is 3.18. The minimum atomic E-state index is -0.447. The van der Waals surface area contributed by atoms with E-state index >= 15 is 0 Å². The zero-order chi connectivity index (χ0) is 41.0. The predicted molar refractivity (Wildman–Crippen MR) is 222 cm³/mol. The maximum absolute atomic E-state index is 13.5. The molecule has 0 aliphatic rings. The first-order valence-corrected chi connectivity index (χ1v) is 18.6. The molecule has 5 aromatic rings. The van der Waals surface area contributed by atoms with E-state index in [1.54, 1.807) is 64.8 Å². The number of benzene rings is 4. The van der Waals surface area contributed by atoms with Gasteiger partial charge in [0.2, 0.25) is 11.8 Å². The second kappa shape index (κ2) is 19.8. The molecule has 0 radical (unpaired) electrons. The van der Waals surface area contributed by atoms with Crippen molar-refractivity contribution in [3.63, 3.8) is 0 Å². The number of ether oxygens (including phenoxy) is 6. The smallest absolute Gasteiger partial charge is 0.323 e. The van der Waals surface area contributed by atoms with Gasteiger partial charge in [-0.05, 0) is 47.7 Å². The van der Waals surface area contributed by atoms with Crippen LogP contribution in [0.2, 0.25) is 0 Å². The molecule has 0 fully saturated rings. The van der Waals surface area contributed by atoms with Crippen LogP contribution in [0, 0.1) is 6.92 Å². The third-order valence-corrected chi connectivity index (χ3v) is 8.81. The molecule has 14 nitrogen and oxygen atoms in total. The average molecular weight is 781 g/mol. The summed E-state index contributed by atoms with van der Waals surface area (Å²) in [5, 5.41) is 10.7. The third-order valence-electron chi connectivity index (χ3n) is 8.81. The summed E-state index contributed by atoms with van der Waals surface area (Å²) in [5.74, 6) is 2.16. The van der Waals surface area contributed by atoms with Crippen LogP contribution in [0.4, 0.5) is 27.8 Å². The van der Waals surface area contributed by atoms with E-state index in [2.05, 4.69) is 46.7 Å². The highest BCUT2D eigenvalue weighted by molar-refractivity contribution is 6.08. The summed E-state index contributed by atoms with van der Waals surface area (Å²) in [7, 11) is 6.63. The van der Waals surface area contributed by atoms with Crippen molar-refractivity contribution in [1.29, 1.82) is 0 Å². The van der Waals surface area contributed by atoms with Gasteiger partial charge in [-0.1, -0.05) is 45.0 Å². The largest absolute Gasteiger partial charge is 0.497 e. The number of nitrogens with one attached hydrogen (secondary N) is 3. The topological polar surface area (TPSA) is 155 Å². The highest BCUT2D eigenvalue weighted by atomic mass is 16.6. The van der Waals surface area contributed by atoms with Gasteiger partial charge < -0.3 is 49.3 Å². The van der Waals surface area contributed by atoms with Crippen molar-refractivity contribution in [2.75, 3.05) is 83.9 Å². The lowest BCUT2D eigenvalue weighted by atomic mass is 9.84. The van der Waals surface area contributed by atoms with Crippen LogP contribution in [0.15, 0.2) is 79.0 Å². The lowest BCUT2D eigenvalue weighted by molar-refractivity contribution is 0.0179. The van der Waals surface area contributed by atoms with Gasteiger partial charge in [0.15, 0.2) is 0 Å². The number of carbonyl (C=O) groups is 2. The first-order chi connectivity index (χ1) is 27.4. The molecule has 0 unspecified atom stereocenters. The van der Waals surface area contributed by atoms with E-state index in [0.717, 1.165) is 16.3 Å². The highest BCUT2D eigenvalue weighted by Gasteiger charge is 2.22. The number of amides is 3.